The van der Waals surface area contributed by atoms with E-state index in [1.165, 1.54) is 0 Å². The Morgan fingerprint density at radius 2 is 1.67 bits per heavy atom. The van der Waals surface area contributed by atoms with E-state index in [0.717, 1.165) is 25.6 Å². The van der Waals surface area contributed by atoms with Crippen LogP contribution in [0.4, 0.5) is 0 Å². The van der Waals surface area contributed by atoms with E-state index in [4.69, 9.17) is 5.11 Å². The summed E-state index contributed by atoms with van der Waals surface area (Å²) in [5.74, 6) is 1.04. The van der Waals surface area contributed by atoms with Gasteiger partial charge in [0.05, 0.1) is 0 Å². The van der Waals surface area contributed by atoms with Gasteiger partial charge in [-0.15, -0.1) is 24.0 Å². The van der Waals surface area contributed by atoms with Gasteiger partial charge < -0.3 is 15.7 Å². The quantitative estimate of drug-likeness (QED) is 0.307. The standard InChI is InChI=1S/C15H34N4O.HI/c1-7-16-15(18-10-14(6)11-20)17-8-9-19(12(2)3)13(4)5;/h12-14,20H,7-11H2,1-6H3,(H2,16,17,18);1H. The number of halogens is 1. The van der Waals surface area contributed by atoms with Gasteiger partial charge in [-0.1, -0.05) is 6.92 Å². The molecule has 0 heterocycles. The Balaban J connectivity index is 0. The highest BCUT2D eigenvalue weighted by atomic mass is 127. The van der Waals surface area contributed by atoms with Crippen LogP contribution in [0.15, 0.2) is 4.99 Å². The zero-order valence-corrected chi connectivity index (χ0v) is 16.8. The molecule has 128 valence electrons. The highest BCUT2D eigenvalue weighted by molar-refractivity contribution is 14.0. The molecule has 0 aliphatic heterocycles. The lowest BCUT2D eigenvalue weighted by Gasteiger charge is -2.30. The number of hydrogen-bond donors (Lipinski definition) is 3. The van der Waals surface area contributed by atoms with Crippen LogP contribution < -0.4 is 10.6 Å². The predicted molar refractivity (Wildman–Crippen MR) is 103 cm³/mol. The van der Waals surface area contributed by atoms with Crippen molar-refractivity contribution in [3.63, 3.8) is 0 Å². The van der Waals surface area contributed by atoms with Gasteiger partial charge in [0.15, 0.2) is 5.96 Å². The fourth-order valence-corrected chi connectivity index (χ4v) is 2.06. The Hall–Kier alpha value is -0.0800. The zero-order valence-electron chi connectivity index (χ0n) is 14.5. The molecule has 0 saturated carbocycles. The van der Waals surface area contributed by atoms with Crippen molar-refractivity contribution in [3.05, 3.63) is 0 Å². The van der Waals surface area contributed by atoms with Gasteiger partial charge in [-0.25, -0.2) is 0 Å². The minimum atomic E-state index is 0. The summed E-state index contributed by atoms with van der Waals surface area (Å²) in [5.41, 5.74) is 0. The molecule has 0 aliphatic carbocycles. The van der Waals surface area contributed by atoms with Crippen molar-refractivity contribution in [2.45, 2.75) is 53.6 Å². The van der Waals surface area contributed by atoms with Gasteiger partial charge in [-0.05, 0) is 40.5 Å². The Labute approximate surface area is 148 Å². The Bertz CT molecular complexity index is 264. The van der Waals surface area contributed by atoms with E-state index in [2.05, 4.69) is 55.1 Å². The maximum Gasteiger partial charge on any atom is 0.191 e. The molecule has 1 atom stereocenters. The minimum absolute atomic E-state index is 0. The van der Waals surface area contributed by atoms with Gasteiger partial charge in [0.2, 0.25) is 0 Å². The Kier molecular flexibility index (Phi) is 15.0. The van der Waals surface area contributed by atoms with Crippen molar-refractivity contribution in [2.75, 3.05) is 32.8 Å². The monoisotopic (exact) mass is 414 g/mol. The van der Waals surface area contributed by atoms with E-state index >= 15 is 0 Å². The number of hydrogen-bond acceptors (Lipinski definition) is 3. The number of rotatable bonds is 9. The normalized spacial score (nSPS) is 13.5. The molecular weight excluding hydrogens is 379 g/mol. The summed E-state index contributed by atoms with van der Waals surface area (Å²) in [6, 6.07) is 1.09. The Morgan fingerprint density at radius 1 is 1.10 bits per heavy atom. The van der Waals surface area contributed by atoms with Crippen molar-refractivity contribution < 1.29 is 5.11 Å². The molecule has 0 fully saturated rings. The van der Waals surface area contributed by atoms with Crippen LogP contribution in [0.2, 0.25) is 0 Å². The summed E-state index contributed by atoms with van der Waals surface area (Å²) in [7, 11) is 0. The molecule has 1 unspecified atom stereocenters. The molecule has 0 rings (SSSR count). The van der Waals surface area contributed by atoms with E-state index in [-0.39, 0.29) is 36.5 Å². The first kappa shape index (κ1) is 23.2. The lowest BCUT2D eigenvalue weighted by Crippen LogP contribution is -2.45. The van der Waals surface area contributed by atoms with Crippen molar-refractivity contribution in [3.8, 4) is 0 Å². The molecule has 0 spiro atoms. The molecule has 3 N–H and O–H groups in total. The second-order valence-corrected chi connectivity index (χ2v) is 5.86. The second kappa shape index (κ2) is 13.6. The van der Waals surface area contributed by atoms with Crippen LogP contribution in [0.1, 0.15) is 41.5 Å². The highest BCUT2D eigenvalue weighted by Crippen LogP contribution is 2.03. The molecule has 0 amide bonds. The van der Waals surface area contributed by atoms with E-state index in [0.29, 0.717) is 18.6 Å². The maximum absolute atomic E-state index is 9.03. The van der Waals surface area contributed by atoms with Crippen LogP contribution in [0.5, 0.6) is 0 Å². The third-order valence-corrected chi connectivity index (χ3v) is 3.21. The topological polar surface area (TPSA) is 59.9 Å². The van der Waals surface area contributed by atoms with Gasteiger partial charge in [-0.2, -0.15) is 0 Å². The van der Waals surface area contributed by atoms with Crippen LogP contribution >= 0.6 is 24.0 Å². The van der Waals surface area contributed by atoms with Crippen molar-refractivity contribution in [1.29, 1.82) is 0 Å². The lowest BCUT2D eigenvalue weighted by atomic mass is 10.2. The van der Waals surface area contributed by atoms with Gasteiger partial charge in [-0.3, -0.25) is 9.89 Å². The summed E-state index contributed by atoms with van der Waals surface area (Å²) in [6.45, 7) is 16.5. The number of nitrogens with one attached hydrogen (secondary N) is 2. The third-order valence-electron chi connectivity index (χ3n) is 3.21. The summed E-state index contributed by atoms with van der Waals surface area (Å²) in [6.07, 6.45) is 0. The SMILES string of the molecule is CCNC(=NCC(C)CO)NCCN(C(C)C)C(C)C.I. The lowest BCUT2D eigenvalue weighted by molar-refractivity contribution is 0.178. The summed E-state index contributed by atoms with van der Waals surface area (Å²) < 4.78 is 0. The molecule has 0 aromatic heterocycles. The highest BCUT2D eigenvalue weighted by Gasteiger charge is 2.12. The molecule has 21 heavy (non-hydrogen) atoms. The summed E-state index contributed by atoms with van der Waals surface area (Å²) >= 11 is 0. The fourth-order valence-electron chi connectivity index (χ4n) is 2.06. The van der Waals surface area contributed by atoms with Crippen molar-refractivity contribution in [2.24, 2.45) is 10.9 Å². The summed E-state index contributed by atoms with van der Waals surface area (Å²) in [5, 5.41) is 15.6. The third kappa shape index (κ3) is 11.2. The zero-order chi connectivity index (χ0) is 15.5. The molecule has 6 heteroatoms. The average Bonchev–Trinajstić information content (AvgIpc) is 2.39. The van der Waals surface area contributed by atoms with Crippen LogP contribution in [0.3, 0.4) is 0 Å². The second-order valence-electron chi connectivity index (χ2n) is 5.86. The fraction of sp³-hybridized carbons (Fsp3) is 0.933. The first-order valence-corrected chi connectivity index (χ1v) is 7.81. The number of nitrogens with zero attached hydrogens (tertiary/aromatic N) is 2. The molecule has 0 saturated heterocycles. The average molecular weight is 414 g/mol. The number of aliphatic hydroxyl groups excluding tert-OH is 1. The van der Waals surface area contributed by atoms with Gasteiger partial charge in [0.25, 0.3) is 0 Å². The van der Waals surface area contributed by atoms with Crippen LogP contribution in [-0.4, -0.2) is 60.8 Å². The first-order chi connectivity index (χ1) is 9.42. The van der Waals surface area contributed by atoms with Gasteiger partial charge in [0.1, 0.15) is 0 Å². The van der Waals surface area contributed by atoms with E-state index in [9.17, 15) is 0 Å². The first-order valence-electron chi connectivity index (χ1n) is 7.81. The van der Waals surface area contributed by atoms with Gasteiger partial charge in [0, 0.05) is 44.9 Å². The van der Waals surface area contributed by atoms with Crippen LogP contribution in [-0.2, 0) is 0 Å². The molecular formula is C15H35IN4O. The maximum atomic E-state index is 9.03. The molecule has 0 aromatic carbocycles. The number of aliphatic hydroxyl groups is 1. The predicted octanol–water partition coefficient (Wildman–Crippen LogP) is 1.91. The van der Waals surface area contributed by atoms with Gasteiger partial charge >= 0.3 is 0 Å². The van der Waals surface area contributed by atoms with E-state index in [1.807, 2.05) is 6.92 Å². The van der Waals surface area contributed by atoms with E-state index in [1.54, 1.807) is 0 Å². The molecule has 5 nitrogen and oxygen atoms in total. The number of aliphatic imine (C=N–C) groups is 1. The van der Waals surface area contributed by atoms with Crippen molar-refractivity contribution in [1.82, 2.24) is 15.5 Å². The largest absolute Gasteiger partial charge is 0.396 e. The number of guanidine groups is 1. The van der Waals surface area contributed by atoms with Crippen LogP contribution in [0, 0.1) is 5.92 Å². The smallest absolute Gasteiger partial charge is 0.191 e. The van der Waals surface area contributed by atoms with E-state index < -0.39 is 0 Å². The van der Waals surface area contributed by atoms with Crippen molar-refractivity contribution >= 4 is 29.9 Å². The molecule has 0 aliphatic rings. The molecule has 0 aromatic rings. The molecule has 0 bridgehead atoms. The Morgan fingerprint density at radius 3 is 2.10 bits per heavy atom. The molecule has 0 radical (unpaired) electrons. The summed E-state index contributed by atoms with van der Waals surface area (Å²) in [4.78, 5) is 6.94. The van der Waals surface area contributed by atoms with Crippen LogP contribution in [0.25, 0.3) is 0 Å². The minimum Gasteiger partial charge on any atom is -0.396 e.